The van der Waals surface area contributed by atoms with Crippen LogP contribution < -0.4 is 11.1 Å². The monoisotopic (exact) mass is 305 g/mol. The summed E-state index contributed by atoms with van der Waals surface area (Å²) in [4.78, 5) is 16.1. The number of nitrogens with zero attached hydrogens (tertiary/aromatic N) is 1. The number of amides is 1. The van der Waals surface area contributed by atoms with Gasteiger partial charge in [0.25, 0.3) is 5.91 Å². The molecule has 0 saturated heterocycles. The fourth-order valence-electron chi connectivity index (χ4n) is 1.84. The van der Waals surface area contributed by atoms with Gasteiger partial charge in [0.1, 0.15) is 0 Å². The van der Waals surface area contributed by atoms with Crippen molar-refractivity contribution in [3.8, 4) is 0 Å². The van der Waals surface area contributed by atoms with Crippen LogP contribution in [0.4, 0.5) is 19.6 Å². The first-order chi connectivity index (χ1) is 10.0. The number of carbonyl (C=O) groups excluding carboxylic acids is 1. The van der Waals surface area contributed by atoms with E-state index in [9.17, 15) is 13.6 Å². The maximum absolute atomic E-state index is 13.5. The van der Waals surface area contributed by atoms with Crippen LogP contribution in [0.25, 0.3) is 10.2 Å². The van der Waals surface area contributed by atoms with Gasteiger partial charge in [-0.1, -0.05) is 17.4 Å². The van der Waals surface area contributed by atoms with E-state index in [-0.39, 0.29) is 5.56 Å². The summed E-state index contributed by atoms with van der Waals surface area (Å²) in [6, 6.07) is 8.57. The summed E-state index contributed by atoms with van der Waals surface area (Å²) in [5.41, 5.74) is 6.55. The summed E-state index contributed by atoms with van der Waals surface area (Å²) >= 11 is 1.21. The Bertz CT molecular complexity index is 847. The number of thiazole rings is 1. The lowest BCUT2D eigenvalue weighted by atomic mass is 10.2. The molecule has 0 radical (unpaired) electrons. The molecule has 0 aliphatic carbocycles. The van der Waals surface area contributed by atoms with Crippen molar-refractivity contribution in [2.75, 3.05) is 11.1 Å². The molecule has 0 aliphatic rings. The third-order valence-corrected chi connectivity index (χ3v) is 3.76. The number of fused-ring (bicyclic) bond motifs is 1. The molecule has 1 aromatic heterocycles. The summed E-state index contributed by atoms with van der Waals surface area (Å²) in [5.74, 6) is -3.00. The summed E-state index contributed by atoms with van der Waals surface area (Å²) < 4.78 is 27.4. The number of benzene rings is 2. The number of hydrogen-bond acceptors (Lipinski definition) is 4. The van der Waals surface area contributed by atoms with Gasteiger partial charge in [0, 0.05) is 5.69 Å². The molecular formula is C14H9F2N3OS. The van der Waals surface area contributed by atoms with Crippen LogP contribution >= 0.6 is 11.3 Å². The van der Waals surface area contributed by atoms with Crippen molar-refractivity contribution in [1.29, 1.82) is 0 Å². The van der Waals surface area contributed by atoms with Gasteiger partial charge in [-0.2, -0.15) is 0 Å². The summed E-state index contributed by atoms with van der Waals surface area (Å²) in [7, 11) is 0. The number of aromatic nitrogens is 1. The molecule has 4 nitrogen and oxygen atoms in total. The molecule has 0 bridgehead atoms. The van der Waals surface area contributed by atoms with Crippen LogP contribution in [0.15, 0.2) is 36.4 Å². The summed E-state index contributed by atoms with van der Waals surface area (Å²) in [6.07, 6.45) is 0. The molecule has 106 valence electrons. The maximum Gasteiger partial charge on any atom is 0.260 e. The smallest absolute Gasteiger partial charge is 0.260 e. The van der Waals surface area contributed by atoms with Crippen LogP contribution in [0.1, 0.15) is 10.4 Å². The Morgan fingerprint density at radius 2 is 2.05 bits per heavy atom. The number of nitrogens with one attached hydrogen (secondary N) is 1. The lowest BCUT2D eigenvalue weighted by Crippen LogP contribution is -2.14. The largest absolute Gasteiger partial charge is 0.399 e. The van der Waals surface area contributed by atoms with E-state index in [1.807, 2.05) is 0 Å². The van der Waals surface area contributed by atoms with Gasteiger partial charge in [-0.05, 0) is 30.3 Å². The number of halogens is 2. The maximum atomic E-state index is 13.5. The highest BCUT2D eigenvalue weighted by Gasteiger charge is 2.16. The van der Waals surface area contributed by atoms with Crippen LogP contribution in [-0.4, -0.2) is 10.9 Å². The predicted octanol–water partition coefficient (Wildman–Crippen LogP) is 3.41. The van der Waals surface area contributed by atoms with Crippen molar-refractivity contribution in [2.45, 2.75) is 0 Å². The molecule has 0 aliphatic heterocycles. The van der Waals surface area contributed by atoms with Gasteiger partial charge in [0.05, 0.1) is 15.8 Å². The molecule has 7 heteroatoms. The van der Waals surface area contributed by atoms with E-state index in [4.69, 9.17) is 5.73 Å². The first kappa shape index (κ1) is 13.4. The van der Waals surface area contributed by atoms with Crippen molar-refractivity contribution in [2.24, 2.45) is 0 Å². The first-order valence-corrected chi connectivity index (χ1v) is 6.77. The van der Waals surface area contributed by atoms with E-state index in [1.165, 1.54) is 23.5 Å². The normalized spacial score (nSPS) is 10.8. The molecule has 0 fully saturated rings. The average molecular weight is 305 g/mol. The van der Waals surface area contributed by atoms with E-state index in [0.717, 1.165) is 10.8 Å². The van der Waals surface area contributed by atoms with E-state index >= 15 is 0 Å². The fourth-order valence-corrected chi connectivity index (χ4v) is 2.75. The topological polar surface area (TPSA) is 68.0 Å². The lowest BCUT2D eigenvalue weighted by molar-refractivity contribution is 0.102. The highest BCUT2D eigenvalue weighted by atomic mass is 32.1. The van der Waals surface area contributed by atoms with Crippen LogP contribution in [0.5, 0.6) is 0 Å². The second kappa shape index (κ2) is 5.10. The van der Waals surface area contributed by atoms with Crippen molar-refractivity contribution < 1.29 is 13.6 Å². The minimum atomic E-state index is -1.18. The van der Waals surface area contributed by atoms with Gasteiger partial charge in [0.15, 0.2) is 16.8 Å². The highest BCUT2D eigenvalue weighted by Crippen LogP contribution is 2.28. The zero-order chi connectivity index (χ0) is 15.0. The third-order valence-electron chi connectivity index (χ3n) is 2.83. The van der Waals surface area contributed by atoms with Gasteiger partial charge >= 0.3 is 0 Å². The molecule has 2 aromatic carbocycles. The number of nitrogens with two attached hydrogens (primary N) is 1. The molecule has 21 heavy (non-hydrogen) atoms. The number of rotatable bonds is 2. The van der Waals surface area contributed by atoms with E-state index in [2.05, 4.69) is 10.3 Å². The second-order valence-corrected chi connectivity index (χ2v) is 5.33. The Morgan fingerprint density at radius 1 is 1.24 bits per heavy atom. The Morgan fingerprint density at radius 3 is 2.86 bits per heavy atom. The molecule has 0 saturated carbocycles. The van der Waals surface area contributed by atoms with Crippen LogP contribution in [0.3, 0.4) is 0 Å². The Balaban J connectivity index is 1.91. The van der Waals surface area contributed by atoms with Crippen molar-refractivity contribution in [3.05, 3.63) is 53.6 Å². The molecule has 0 atom stereocenters. The average Bonchev–Trinajstić information content (AvgIpc) is 2.83. The minimum absolute atomic E-state index is 0.296. The number of carbonyl (C=O) groups is 1. The van der Waals surface area contributed by atoms with Crippen molar-refractivity contribution >= 4 is 38.3 Å². The van der Waals surface area contributed by atoms with Crippen LogP contribution in [0, 0.1) is 11.6 Å². The van der Waals surface area contributed by atoms with Gasteiger partial charge < -0.3 is 5.73 Å². The molecule has 0 unspecified atom stereocenters. The predicted molar refractivity (Wildman–Crippen MR) is 78.3 cm³/mol. The first-order valence-electron chi connectivity index (χ1n) is 5.96. The minimum Gasteiger partial charge on any atom is -0.399 e. The van der Waals surface area contributed by atoms with Crippen molar-refractivity contribution in [3.63, 3.8) is 0 Å². The standard InChI is InChI=1S/C14H9F2N3OS/c15-9-3-1-2-8(12(9)16)13(20)19-14-18-10-5-4-7(17)6-11(10)21-14/h1-6H,17H2,(H,18,19,20). The van der Waals surface area contributed by atoms with E-state index in [0.29, 0.717) is 16.3 Å². The zero-order valence-corrected chi connectivity index (χ0v) is 11.4. The molecule has 3 N–H and O–H groups in total. The quantitative estimate of drug-likeness (QED) is 0.713. The zero-order valence-electron chi connectivity index (χ0n) is 10.6. The van der Waals surface area contributed by atoms with E-state index < -0.39 is 17.5 Å². The molecule has 3 rings (SSSR count). The second-order valence-electron chi connectivity index (χ2n) is 4.30. The lowest BCUT2D eigenvalue weighted by Gasteiger charge is -2.03. The van der Waals surface area contributed by atoms with Gasteiger partial charge in [-0.3, -0.25) is 10.1 Å². The van der Waals surface area contributed by atoms with Gasteiger partial charge in [-0.15, -0.1) is 0 Å². The Hall–Kier alpha value is -2.54. The third kappa shape index (κ3) is 2.55. The summed E-state index contributed by atoms with van der Waals surface area (Å²) in [5, 5.41) is 2.75. The molecule has 1 amide bonds. The van der Waals surface area contributed by atoms with Crippen LogP contribution in [-0.2, 0) is 0 Å². The molecule has 3 aromatic rings. The molecule has 1 heterocycles. The fraction of sp³-hybridized carbons (Fsp3) is 0. The van der Waals surface area contributed by atoms with Gasteiger partial charge in [0.2, 0.25) is 0 Å². The number of hydrogen-bond donors (Lipinski definition) is 2. The summed E-state index contributed by atoms with van der Waals surface area (Å²) in [6.45, 7) is 0. The van der Waals surface area contributed by atoms with E-state index in [1.54, 1.807) is 18.2 Å². The SMILES string of the molecule is Nc1ccc2nc(NC(=O)c3cccc(F)c3F)sc2c1. The van der Waals surface area contributed by atoms with Gasteiger partial charge in [-0.25, -0.2) is 13.8 Å². The van der Waals surface area contributed by atoms with Crippen molar-refractivity contribution in [1.82, 2.24) is 4.98 Å². The number of anilines is 2. The van der Waals surface area contributed by atoms with Crippen LogP contribution in [0.2, 0.25) is 0 Å². The Labute approximate surface area is 122 Å². The Kier molecular flexibility index (Phi) is 3.26. The highest BCUT2D eigenvalue weighted by molar-refractivity contribution is 7.22. The molecular weight excluding hydrogens is 296 g/mol. The number of nitrogen functional groups attached to an aromatic ring is 1. The molecule has 0 spiro atoms.